The van der Waals surface area contributed by atoms with E-state index < -0.39 is 11.7 Å². The van der Waals surface area contributed by atoms with Crippen LogP contribution >= 0.6 is 0 Å². The lowest BCUT2D eigenvalue weighted by atomic mass is 9.89. The first-order valence-electron chi connectivity index (χ1n) is 7.75. The Labute approximate surface area is 128 Å². The number of anilines is 1. The minimum Gasteiger partial charge on any atom is -0.494 e. The number of hydrogen-bond acceptors (Lipinski definition) is 3. The van der Waals surface area contributed by atoms with Gasteiger partial charge in [0.1, 0.15) is 5.75 Å². The zero-order valence-electron chi connectivity index (χ0n) is 12.8. The molecule has 1 aromatic rings. The van der Waals surface area contributed by atoms with Crippen molar-refractivity contribution in [2.75, 3.05) is 31.6 Å². The Bertz CT molecular complexity index is 559. The van der Waals surface area contributed by atoms with Gasteiger partial charge in [0.05, 0.1) is 17.9 Å². The number of hydrogen-bond donors (Lipinski definition) is 1. The number of likely N-dealkylation sites (N-methyl/N-ethyl adjacent to an activating group) is 1. The summed E-state index contributed by atoms with van der Waals surface area (Å²) in [7, 11) is 1.77. The van der Waals surface area contributed by atoms with E-state index in [1.54, 1.807) is 13.1 Å². The van der Waals surface area contributed by atoms with Crippen LogP contribution in [0.4, 0.5) is 18.9 Å². The molecule has 3 nitrogen and oxygen atoms in total. The molecule has 22 heavy (non-hydrogen) atoms. The van der Waals surface area contributed by atoms with Crippen LogP contribution < -0.4 is 15.0 Å². The molecule has 1 N–H and O–H groups in total. The number of nitrogens with one attached hydrogen (secondary N) is 1. The molecule has 0 spiro atoms. The lowest BCUT2D eigenvalue weighted by Gasteiger charge is -2.31. The van der Waals surface area contributed by atoms with Crippen LogP contribution in [0.25, 0.3) is 0 Å². The molecule has 3 rings (SSSR count). The molecule has 2 aliphatic heterocycles. The van der Waals surface area contributed by atoms with Crippen molar-refractivity contribution in [2.24, 2.45) is 0 Å². The number of fused-ring (bicyclic) bond motifs is 3. The fourth-order valence-corrected chi connectivity index (χ4v) is 3.62. The molecular weight excluding hydrogens is 293 g/mol. The van der Waals surface area contributed by atoms with Crippen LogP contribution in [0.5, 0.6) is 5.75 Å². The predicted molar refractivity (Wildman–Crippen MR) is 79.6 cm³/mol. The fraction of sp³-hybridized carbons (Fsp3) is 0.625. The van der Waals surface area contributed by atoms with Crippen molar-refractivity contribution in [1.82, 2.24) is 5.32 Å². The van der Waals surface area contributed by atoms with Crippen LogP contribution in [-0.4, -0.2) is 32.8 Å². The first-order valence-corrected chi connectivity index (χ1v) is 7.75. The fourth-order valence-electron chi connectivity index (χ4n) is 3.62. The van der Waals surface area contributed by atoms with Crippen molar-refractivity contribution in [3.05, 3.63) is 23.3 Å². The molecular formula is C16H21F3N2O. The van der Waals surface area contributed by atoms with E-state index in [1.165, 1.54) is 0 Å². The summed E-state index contributed by atoms with van der Waals surface area (Å²) < 4.78 is 46.0. The van der Waals surface area contributed by atoms with Gasteiger partial charge in [0.25, 0.3) is 0 Å². The summed E-state index contributed by atoms with van der Waals surface area (Å²) in [6.07, 6.45) is -2.74. The molecule has 2 aliphatic rings. The molecule has 0 amide bonds. The van der Waals surface area contributed by atoms with E-state index in [9.17, 15) is 13.2 Å². The molecule has 0 saturated carbocycles. The molecule has 1 fully saturated rings. The topological polar surface area (TPSA) is 24.5 Å². The van der Waals surface area contributed by atoms with E-state index >= 15 is 0 Å². The maximum Gasteiger partial charge on any atom is 0.418 e. The summed E-state index contributed by atoms with van der Waals surface area (Å²) >= 11 is 0. The van der Waals surface area contributed by atoms with Crippen molar-refractivity contribution in [2.45, 2.75) is 37.9 Å². The molecule has 0 unspecified atom stereocenters. The quantitative estimate of drug-likeness (QED) is 0.925. The van der Waals surface area contributed by atoms with Gasteiger partial charge in [0, 0.05) is 25.6 Å². The average molecular weight is 314 g/mol. The Balaban J connectivity index is 2.09. The van der Waals surface area contributed by atoms with E-state index in [1.807, 2.05) is 11.8 Å². The number of nitrogens with zero attached hydrogens (tertiary/aromatic N) is 1. The van der Waals surface area contributed by atoms with Gasteiger partial charge in [-0.05, 0) is 37.1 Å². The number of alkyl halides is 3. The Kier molecular flexibility index (Phi) is 3.97. The lowest BCUT2D eigenvalue weighted by Crippen LogP contribution is -2.42. The number of piperidine rings is 1. The molecule has 2 heterocycles. The maximum atomic E-state index is 13.5. The lowest BCUT2D eigenvalue weighted by molar-refractivity contribution is -0.137. The first kappa shape index (κ1) is 15.5. The van der Waals surface area contributed by atoms with Crippen molar-refractivity contribution in [3.8, 4) is 5.75 Å². The van der Waals surface area contributed by atoms with E-state index in [4.69, 9.17) is 4.74 Å². The minimum atomic E-state index is -4.37. The summed E-state index contributed by atoms with van der Waals surface area (Å²) in [5.74, 6) is 0.424. The van der Waals surface area contributed by atoms with Crippen LogP contribution in [0.3, 0.4) is 0 Å². The minimum absolute atomic E-state index is 0.0972. The standard InChI is InChI=1S/C16H21F3N2O/c1-3-6-22-10-7-11-12-9-20-5-4-14(12)21(2)15(11)13(8-10)16(17,18)19/h7-8,12,14,20H,3-6,9H2,1-2H3/t12-,14-/m1/s1. The Hall–Kier alpha value is -1.43. The van der Waals surface area contributed by atoms with Gasteiger partial charge in [0.15, 0.2) is 0 Å². The predicted octanol–water partition coefficient (Wildman–Crippen LogP) is 3.39. The number of ether oxygens (including phenoxy) is 1. The largest absolute Gasteiger partial charge is 0.494 e. The van der Waals surface area contributed by atoms with Gasteiger partial charge in [0.2, 0.25) is 0 Å². The van der Waals surface area contributed by atoms with Crippen molar-refractivity contribution < 1.29 is 17.9 Å². The van der Waals surface area contributed by atoms with E-state index in [0.717, 1.165) is 37.6 Å². The zero-order valence-corrected chi connectivity index (χ0v) is 12.8. The zero-order chi connectivity index (χ0) is 15.9. The summed E-state index contributed by atoms with van der Waals surface area (Å²) in [6, 6.07) is 3.09. The molecule has 122 valence electrons. The molecule has 6 heteroatoms. The van der Waals surface area contributed by atoms with E-state index in [2.05, 4.69) is 5.32 Å². The molecule has 0 aliphatic carbocycles. The van der Waals surface area contributed by atoms with Crippen molar-refractivity contribution in [3.63, 3.8) is 0 Å². The molecule has 1 saturated heterocycles. The average Bonchev–Trinajstić information content (AvgIpc) is 2.77. The van der Waals surface area contributed by atoms with Gasteiger partial charge in [-0.25, -0.2) is 0 Å². The van der Waals surface area contributed by atoms with Gasteiger partial charge in [-0.15, -0.1) is 0 Å². The SMILES string of the molecule is CCCOc1cc2c(c(C(F)(F)F)c1)N(C)[C@@H]1CCNC[C@H]21. The smallest absolute Gasteiger partial charge is 0.418 e. The van der Waals surface area contributed by atoms with Gasteiger partial charge < -0.3 is 15.0 Å². The third kappa shape index (κ3) is 2.53. The highest BCUT2D eigenvalue weighted by atomic mass is 19.4. The first-order chi connectivity index (χ1) is 10.4. The third-order valence-electron chi connectivity index (χ3n) is 4.59. The summed E-state index contributed by atoms with van der Waals surface area (Å²) in [5, 5.41) is 3.29. The van der Waals surface area contributed by atoms with Gasteiger partial charge in [-0.1, -0.05) is 6.92 Å². The highest BCUT2D eigenvalue weighted by Crippen LogP contribution is 2.50. The molecule has 1 aromatic carbocycles. The highest BCUT2D eigenvalue weighted by Gasteiger charge is 2.45. The molecule has 0 aromatic heterocycles. The Morgan fingerprint density at radius 2 is 2.14 bits per heavy atom. The Morgan fingerprint density at radius 3 is 2.82 bits per heavy atom. The monoisotopic (exact) mass is 314 g/mol. The van der Waals surface area contributed by atoms with Gasteiger partial charge in [-0.3, -0.25) is 0 Å². The molecule has 0 bridgehead atoms. The second kappa shape index (κ2) is 5.65. The third-order valence-corrected chi connectivity index (χ3v) is 4.59. The highest BCUT2D eigenvalue weighted by molar-refractivity contribution is 5.69. The summed E-state index contributed by atoms with van der Waals surface area (Å²) in [5.41, 5.74) is 0.517. The second-order valence-electron chi connectivity index (χ2n) is 6.03. The second-order valence-corrected chi connectivity index (χ2v) is 6.03. The summed E-state index contributed by atoms with van der Waals surface area (Å²) in [6.45, 7) is 3.93. The van der Waals surface area contributed by atoms with Crippen molar-refractivity contribution >= 4 is 5.69 Å². The van der Waals surface area contributed by atoms with Crippen molar-refractivity contribution in [1.29, 1.82) is 0 Å². The number of halogens is 3. The van der Waals surface area contributed by atoms with E-state index in [-0.39, 0.29) is 12.0 Å². The van der Waals surface area contributed by atoms with Crippen LogP contribution in [0, 0.1) is 0 Å². The maximum absolute atomic E-state index is 13.5. The van der Waals surface area contributed by atoms with Crippen LogP contribution in [-0.2, 0) is 6.18 Å². The Morgan fingerprint density at radius 1 is 1.36 bits per heavy atom. The normalized spacial score (nSPS) is 24.1. The van der Waals surface area contributed by atoms with Gasteiger partial charge >= 0.3 is 6.18 Å². The van der Waals surface area contributed by atoms with Gasteiger partial charge in [-0.2, -0.15) is 13.2 Å². The molecule has 0 radical (unpaired) electrons. The summed E-state index contributed by atoms with van der Waals surface area (Å²) in [4.78, 5) is 1.81. The van der Waals surface area contributed by atoms with Crippen LogP contribution in [0.2, 0.25) is 0 Å². The molecule has 2 atom stereocenters. The number of rotatable bonds is 3. The number of benzene rings is 1. The van der Waals surface area contributed by atoms with E-state index in [0.29, 0.717) is 18.0 Å². The van der Waals surface area contributed by atoms with Crippen LogP contribution in [0.15, 0.2) is 12.1 Å². The van der Waals surface area contributed by atoms with Crippen LogP contribution in [0.1, 0.15) is 36.8 Å².